The molecule has 0 aliphatic heterocycles. The van der Waals surface area contributed by atoms with E-state index in [0.29, 0.717) is 0 Å². The molecule has 0 N–H and O–H groups in total. The number of rotatable bonds is 2. The summed E-state index contributed by atoms with van der Waals surface area (Å²) in [5.41, 5.74) is 2.41. The van der Waals surface area contributed by atoms with E-state index in [1.54, 1.807) is 0 Å². The second kappa shape index (κ2) is 3.56. The highest BCUT2D eigenvalue weighted by atomic mass is 14.6. The maximum atomic E-state index is 4.27. The smallest absolute Gasteiger partial charge is 0.0702 e. The van der Waals surface area contributed by atoms with Crippen LogP contribution < -0.4 is 0 Å². The van der Waals surface area contributed by atoms with Crippen molar-refractivity contribution in [1.82, 2.24) is 4.98 Å². The van der Waals surface area contributed by atoms with Gasteiger partial charge < -0.3 is 0 Å². The monoisotopic (exact) mass is 170 g/mol. The number of aryl methyl sites for hydroxylation is 1. The van der Waals surface area contributed by atoms with E-state index in [0.717, 1.165) is 18.4 Å². The average molecular weight is 170 g/mol. The van der Waals surface area contributed by atoms with Crippen molar-refractivity contribution < 1.29 is 0 Å². The average Bonchev–Trinajstić information content (AvgIpc) is 2.18. The van der Waals surface area contributed by atoms with E-state index in [9.17, 15) is 0 Å². The zero-order valence-electron chi connectivity index (χ0n) is 7.53. The number of hydrogen-bond donors (Lipinski definition) is 0. The fourth-order valence-electron chi connectivity index (χ4n) is 1.48. The lowest BCUT2D eigenvalue weighted by Crippen LogP contribution is -1.84. The third-order valence-corrected chi connectivity index (χ3v) is 2.13. The first-order valence-corrected chi connectivity index (χ1v) is 4.53. The molecule has 0 fully saturated rings. The van der Waals surface area contributed by atoms with E-state index in [1.165, 1.54) is 10.9 Å². The Hall–Kier alpha value is -1.37. The first-order chi connectivity index (χ1) is 6.40. The van der Waals surface area contributed by atoms with Gasteiger partial charge in [-0.05, 0) is 36.6 Å². The minimum atomic E-state index is 0.950. The second-order valence-corrected chi connectivity index (χ2v) is 3.13. The molecule has 0 aliphatic rings. The molecule has 0 unspecified atom stereocenters. The van der Waals surface area contributed by atoms with Crippen LogP contribution in [0.25, 0.3) is 10.9 Å². The summed E-state index contributed by atoms with van der Waals surface area (Å²) in [6.45, 7) is 3.85. The normalized spacial score (nSPS) is 10.5. The molecule has 1 heteroatoms. The molecule has 1 radical (unpaired) electrons. The Morgan fingerprint density at radius 3 is 3.00 bits per heavy atom. The lowest BCUT2D eigenvalue weighted by atomic mass is 10.1. The highest BCUT2D eigenvalue weighted by Gasteiger charge is 1.95. The van der Waals surface area contributed by atoms with Crippen LogP contribution in [0.2, 0.25) is 0 Å². The van der Waals surface area contributed by atoms with Gasteiger partial charge in [0.1, 0.15) is 0 Å². The Labute approximate surface area is 78.4 Å². The van der Waals surface area contributed by atoms with Gasteiger partial charge in [0.2, 0.25) is 0 Å². The van der Waals surface area contributed by atoms with E-state index < -0.39 is 0 Å². The predicted molar refractivity (Wildman–Crippen MR) is 55.4 cm³/mol. The third kappa shape index (κ3) is 1.69. The molecule has 0 amide bonds. The van der Waals surface area contributed by atoms with Crippen LogP contribution in [-0.2, 0) is 6.42 Å². The van der Waals surface area contributed by atoms with E-state index in [4.69, 9.17) is 0 Å². The van der Waals surface area contributed by atoms with Gasteiger partial charge >= 0.3 is 0 Å². The van der Waals surface area contributed by atoms with Crippen LogP contribution in [0.4, 0.5) is 0 Å². The standard InChI is InChI=1S/C12H12N/c1-2-4-10-6-7-12-11(9-10)5-3-8-13-12/h3,5-9H,1-2,4H2. The van der Waals surface area contributed by atoms with Gasteiger partial charge in [-0.15, -0.1) is 0 Å². The molecular formula is C12H12N. The van der Waals surface area contributed by atoms with Crippen LogP contribution in [0, 0.1) is 6.92 Å². The number of fused-ring (bicyclic) bond motifs is 1. The van der Waals surface area contributed by atoms with Crippen molar-refractivity contribution in [3.63, 3.8) is 0 Å². The topological polar surface area (TPSA) is 12.9 Å². The summed E-state index contributed by atoms with van der Waals surface area (Å²) in [7, 11) is 0. The molecule has 0 saturated carbocycles. The Bertz CT molecular complexity index is 407. The maximum absolute atomic E-state index is 4.27. The second-order valence-electron chi connectivity index (χ2n) is 3.13. The molecule has 0 saturated heterocycles. The number of hydrogen-bond acceptors (Lipinski definition) is 1. The van der Waals surface area contributed by atoms with E-state index in [2.05, 4.69) is 36.2 Å². The highest BCUT2D eigenvalue weighted by Crippen LogP contribution is 2.14. The van der Waals surface area contributed by atoms with Gasteiger partial charge in [0, 0.05) is 11.6 Å². The first-order valence-electron chi connectivity index (χ1n) is 4.53. The van der Waals surface area contributed by atoms with Crippen LogP contribution in [-0.4, -0.2) is 4.98 Å². The van der Waals surface area contributed by atoms with Gasteiger partial charge in [0.25, 0.3) is 0 Å². The molecule has 1 aromatic carbocycles. The van der Waals surface area contributed by atoms with E-state index >= 15 is 0 Å². The molecule has 2 rings (SSSR count). The number of aromatic nitrogens is 1. The molecule has 0 bridgehead atoms. The van der Waals surface area contributed by atoms with Crippen LogP contribution in [0.15, 0.2) is 36.5 Å². The molecule has 1 aromatic heterocycles. The summed E-state index contributed by atoms with van der Waals surface area (Å²) in [5.74, 6) is 0. The first kappa shape index (κ1) is 8.24. The summed E-state index contributed by atoms with van der Waals surface area (Å²) >= 11 is 0. The van der Waals surface area contributed by atoms with Crippen molar-refractivity contribution in [2.24, 2.45) is 0 Å². The lowest BCUT2D eigenvalue weighted by molar-refractivity contribution is 1.00. The van der Waals surface area contributed by atoms with Gasteiger partial charge in [0.15, 0.2) is 0 Å². The Kier molecular flexibility index (Phi) is 2.26. The number of pyridine rings is 1. The Balaban J connectivity index is 2.49. The van der Waals surface area contributed by atoms with Crippen molar-refractivity contribution >= 4 is 10.9 Å². The SMILES string of the molecule is [CH2]CCc1ccc2ncccc2c1. The largest absolute Gasteiger partial charge is 0.256 e. The Morgan fingerprint density at radius 1 is 1.23 bits per heavy atom. The minimum absolute atomic E-state index is 0.950. The summed E-state index contributed by atoms with van der Waals surface area (Å²) in [6, 6.07) is 10.4. The van der Waals surface area contributed by atoms with Crippen molar-refractivity contribution in [3.05, 3.63) is 49.0 Å². The van der Waals surface area contributed by atoms with Crippen molar-refractivity contribution in [1.29, 1.82) is 0 Å². The van der Waals surface area contributed by atoms with Crippen molar-refractivity contribution in [2.45, 2.75) is 12.8 Å². The summed E-state index contributed by atoms with van der Waals surface area (Å²) in [6.07, 6.45) is 3.82. The van der Waals surface area contributed by atoms with Crippen LogP contribution in [0.1, 0.15) is 12.0 Å². The molecule has 1 nitrogen and oxygen atoms in total. The maximum Gasteiger partial charge on any atom is 0.0702 e. The van der Waals surface area contributed by atoms with Gasteiger partial charge in [-0.25, -0.2) is 0 Å². The van der Waals surface area contributed by atoms with Gasteiger partial charge in [-0.2, -0.15) is 0 Å². The van der Waals surface area contributed by atoms with Crippen molar-refractivity contribution in [3.8, 4) is 0 Å². The fourth-order valence-corrected chi connectivity index (χ4v) is 1.48. The van der Waals surface area contributed by atoms with Gasteiger partial charge in [-0.1, -0.05) is 19.1 Å². The molecule has 0 atom stereocenters. The van der Waals surface area contributed by atoms with Crippen LogP contribution in [0.3, 0.4) is 0 Å². The predicted octanol–water partition coefficient (Wildman–Crippen LogP) is 3.00. The molecule has 0 spiro atoms. The lowest BCUT2D eigenvalue weighted by Gasteiger charge is -2.00. The quantitative estimate of drug-likeness (QED) is 0.675. The molecule has 13 heavy (non-hydrogen) atoms. The van der Waals surface area contributed by atoms with E-state index in [1.807, 2.05) is 12.3 Å². The summed E-state index contributed by atoms with van der Waals surface area (Å²) < 4.78 is 0. The zero-order chi connectivity index (χ0) is 9.10. The van der Waals surface area contributed by atoms with Crippen LogP contribution >= 0.6 is 0 Å². The van der Waals surface area contributed by atoms with Crippen LogP contribution in [0.5, 0.6) is 0 Å². The minimum Gasteiger partial charge on any atom is -0.256 e. The number of benzene rings is 1. The molecule has 1 heterocycles. The van der Waals surface area contributed by atoms with Crippen molar-refractivity contribution in [2.75, 3.05) is 0 Å². The number of nitrogens with zero attached hydrogens (tertiary/aromatic N) is 1. The summed E-state index contributed by atoms with van der Waals surface area (Å²) in [5, 5.41) is 1.22. The Morgan fingerprint density at radius 2 is 2.15 bits per heavy atom. The molecule has 65 valence electrons. The van der Waals surface area contributed by atoms with Gasteiger partial charge in [-0.3, -0.25) is 4.98 Å². The molecule has 0 aliphatic carbocycles. The third-order valence-electron chi connectivity index (χ3n) is 2.13. The summed E-state index contributed by atoms with van der Waals surface area (Å²) in [4.78, 5) is 4.27. The fraction of sp³-hybridized carbons (Fsp3) is 0.167. The molecule has 2 aromatic rings. The molecular weight excluding hydrogens is 158 g/mol. The zero-order valence-corrected chi connectivity index (χ0v) is 7.53. The van der Waals surface area contributed by atoms with Gasteiger partial charge in [0.05, 0.1) is 5.52 Å². The highest BCUT2D eigenvalue weighted by molar-refractivity contribution is 5.78. The van der Waals surface area contributed by atoms with E-state index in [-0.39, 0.29) is 0 Å².